The van der Waals surface area contributed by atoms with E-state index in [9.17, 15) is 4.79 Å². The van der Waals surface area contributed by atoms with Crippen LogP contribution < -0.4 is 0 Å². The monoisotopic (exact) mass is 250 g/mol. The van der Waals surface area contributed by atoms with Crippen molar-refractivity contribution < 1.29 is 9.90 Å². The van der Waals surface area contributed by atoms with E-state index in [0.717, 1.165) is 17.7 Å². The molecule has 1 N–H and O–H groups in total. The van der Waals surface area contributed by atoms with Crippen LogP contribution >= 0.6 is 11.8 Å². The molecule has 0 aliphatic heterocycles. The molecular weight excluding hydrogens is 232 g/mol. The van der Waals surface area contributed by atoms with Crippen LogP contribution in [0.4, 0.5) is 0 Å². The predicted molar refractivity (Wildman–Crippen MR) is 70.6 cm³/mol. The molecule has 1 fully saturated rings. The van der Waals surface area contributed by atoms with Crippen LogP contribution in [0.25, 0.3) is 0 Å². The highest BCUT2D eigenvalue weighted by atomic mass is 32.2. The second-order valence-corrected chi connectivity index (χ2v) is 7.13. The van der Waals surface area contributed by atoms with Gasteiger partial charge in [-0.15, -0.1) is 11.8 Å². The fourth-order valence-electron chi connectivity index (χ4n) is 1.72. The molecular formula is C14H18O2S. The average Bonchev–Trinajstić information content (AvgIpc) is 2.98. The summed E-state index contributed by atoms with van der Waals surface area (Å²) in [5.74, 6) is -0.678. The second-order valence-electron chi connectivity index (χ2n) is 5.68. The van der Waals surface area contributed by atoms with Gasteiger partial charge in [0.1, 0.15) is 4.75 Å². The van der Waals surface area contributed by atoms with Gasteiger partial charge in [-0.05, 0) is 36.0 Å². The summed E-state index contributed by atoms with van der Waals surface area (Å²) >= 11 is 1.48. The van der Waals surface area contributed by atoms with Crippen molar-refractivity contribution in [1.82, 2.24) is 0 Å². The van der Waals surface area contributed by atoms with E-state index in [-0.39, 0.29) is 5.41 Å². The van der Waals surface area contributed by atoms with E-state index in [1.807, 2.05) is 12.1 Å². The van der Waals surface area contributed by atoms with Crippen molar-refractivity contribution >= 4 is 17.7 Å². The van der Waals surface area contributed by atoms with Crippen LogP contribution in [0.5, 0.6) is 0 Å². The van der Waals surface area contributed by atoms with Crippen molar-refractivity contribution in [1.29, 1.82) is 0 Å². The Bertz CT molecular complexity index is 425. The van der Waals surface area contributed by atoms with Gasteiger partial charge in [0.2, 0.25) is 0 Å². The molecule has 0 bridgehead atoms. The van der Waals surface area contributed by atoms with Gasteiger partial charge in [0.15, 0.2) is 0 Å². The maximum Gasteiger partial charge on any atom is 0.320 e. The Balaban J connectivity index is 2.12. The van der Waals surface area contributed by atoms with Gasteiger partial charge < -0.3 is 5.11 Å². The predicted octanol–water partition coefficient (Wildman–Crippen LogP) is 3.69. The fraction of sp³-hybridized carbons (Fsp3) is 0.500. The van der Waals surface area contributed by atoms with Crippen LogP contribution in [-0.4, -0.2) is 15.8 Å². The van der Waals surface area contributed by atoms with Gasteiger partial charge in [-0.25, -0.2) is 0 Å². The highest BCUT2D eigenvalue weighted by Gasteiger charge is 2.51. The number of carboxylic acids is 1. The van der Waals surface area contributed by atoms with Gasteiger partial charge in [0.05, 0.1) is 0 Å². The van der Waals surface area contributed by atoms with Crippen molar-refractivity contribution in [2.45, 2.75) is 48.7 Å². The van der Waals surface area contributed by atoms with Crippen LogP contribution in [0, 0.1) is 0 Å². The minimum absolute atomic E-state index is 0.146. The van der Waals surface area contributed by atoms with Crippen LogP contribution in [0.15, 0.2) is 29.2 Å². The smallest absolute Gasteiger partial charge is 0.320 e. The molecule has 0 radical (unpaired) electrons. The number of rotatable bonds is 3. The maximum atomic E-state index is 11.1. The molecule has 0 spiro atoms. The molecule has 0 aromatic heterocycles. The minimum Gasteiger partial charge on any atom is -0.480 e. The topological polar surface area (TPSA) is 37.3 Å². The lowest BCUT2D eigenvalue weighted by Crippen LogP contribution is -2.17. The van der Waals surface area contributed by atoms with Crippen molar-refractivity contribution in [3.05, 3.63) is 29.8 Å². The Morgan fingerprint density at radius 1 is 1.24 bits per heavy atom. The lowest BCUT2D eigenvalue weighted by atomic mass is 9.87. The number of benzene rings is 1. The molecule has 2 rings (SSSR count). The molecule has 1 saturated carbocycles. The molecule has 1 aliphatic carbocycles. The van der Waals surface area contributed by atoms with Gasteiger partial charge in [-0.2, -0.15) is 0 Å². The van der Waals surface area contributed by atoms with Crippen LogP contribution in [0.1, 0.15) is 39.2 Å². The fourth-order valence-corrected chi connectivity index (χ4v) is 2.84. The first-order chi connectivity index (χ1) is 7.83. The summed E-state index contributed by atoms with van der Waals surface area (Å²) in [4.78, 5) is 12.1. The zero-order chi connectivity index (χ0) is 12.7. The highest BCUT2D eigenvalue weighted by Crippen LogP contribution is 2.51. The first kappa shape index (κ1) is 12.5. The summed E-state index contributed by atoms with van der Waals surface area (Å²) < 4.78 is -0.538. The van der Waals surface area contributed by atoms with Crippen LogP contribution in [0.3, 0.4) is 0 Å². The third-order valence-electron chi connectivity index (χ3n) is 3.13. The van der Waals surface area contributed by atoms with E-state index >= 15 is 0 Å². The Kier molecular flexibility index (Phi) is 2.98. The largest absolute Gasteiger partial charge is 0.480 e. The quantitative estimate of drug-likeness (QED) is 0.889. The lowest BCUT2D eigenvalue weighted by molar-refractivity contribution is -0.137. The number of thioether (sulfide) groups is 1. The van der Waals surface area contributed by atoms with Gasteiger partial charge in [0, 0.05) is 4.90 Å². The normalized spacial score (nSPS) is 17.8. The van der Waals surface area contributed by atoms with E-state index in [4.69, 9.17) is 5.11 Å². The summed E-state index contributed by atoms with van der Waals surface area (Å²) in [6.45, 7) is 6.53. The zero-order valence-electron chi connectivity index (χ0n) is 10.5. The van der Waals surface area contributed by atoms with Gasteiger partial charge in [0.25, 0.3) is 0 Å². The van der Waals surface area contributed by atoms with E-state index in [2.05, 4.69) is 32.9 Å². The first-order valence-corrected chi connectivity index (χ1v) is 6.68. The first-order valence-electron chi connectivity index (χ1n) is 5.86. The number of carboxylic acid groups (broad SMARTS) is 1. The Morgan fingerprint density at radius 2 is 1.76 bits per heavy atom. The van der Waals surface area contributed by atoms with Gasteiger partial charge in [-0.1, -0.05) is 32.9 Å². The molecule has 0 unspecified atom stereocenters. The second kappa shape index (κ2) is 4.05. The Morgan fingerprint density at radius 3 is 2.12 bits per heavy atom. The molecule has 3 heteroatoms. The summed E-state index contributed by atoms with van der Waals surface area (Å²) in [6, 6.07) is 8.27. The third-order valence-corrected chi connectivity index (χ3v) is 4.61. The molecule has 0 heterocycles. The van der Waals surface area contributed by atoms with Crippen molar-refractivity contribution in [3.63, 3.8) is 0 Å². The third kappa shape index (κ3) is 2.65. The average molecular weight is 250 g/mol. The summed E-state index contributed by atoms with van der Waals surface area (Å²) in [6.07, 6.45) is 1.57. The molecule has 1 aromatic carbocycles. The standard InChI is InChI=1S/C14H18O2S/c1-13(2,3)10-4-6-11(7-5-10)17-14(8-9-14)12(15)16/h4-7H,8-9H2,1-3H3,(H,15,16). The summed E-state index contributed by atoms with van der Waals surface area (Å²) in [5, 5.41) is 9.13. The number of carbonyl (C=O) groups is 1. The number of hydrogen-bond acceptors (Lipinski definition) is 2. The lowest BCUT2D eigenvalue weighted by Gasteiger charge is -2.19. The van der Waals surface area contributed by atoms with Gasteiger partial charge >= 0.3 is 5.97 Å². The zero-order valence-corrected chi connectivity index (χ0v) is 11.3. The maximum absolute atomic E-state index is 11.1. The molecule has 0 atom stereocenters. The molecule has 17 heavy (non-hydrogen) atoms. The number of hydrogen-bond donors (Lipinski definition) is 1. The highest BCUT2D eigenvalue weighted by molar-refractivity contribution is 8.01. The van der Waals surface area contributed by atoms with E-state index in [0.29, 0.717) is 0 Å². The van der Waals surface area contributed by atoms with Crippen molar-refractivity contribution in [2.75, 3.05) is 0 Å². The SMILES string of the molecule is CC(C)(C)c1ccc(SC2(C(=O)O)CC2)cc1. The molecule has 0 saturated heterocycles. The van der Waals surface area contributed by atoms with Gasteiger partial charge in [-0.3, -0.25) is 4.79 Å². The van der Waals surface area contributed by atoms with E-state index < -0.39 is 10.7 Å². The summed E-state index contributed by atoms with van der Waals surface area (Å²) in [5.41, 5.74) is 1.43. The van der Waals surface area contributed by atoms with Crippen LogP contribution in [-0.2, 0) is 10.2 Å². The molecule has 1 aliphatic rings. The Hall–Kier alpha value is -0.960. The van der Waals surface area contributed by atoms with Crippen molar-refractivity contribution in [3.8, 4) is 0 Å². The minimum atomic E-state index is -0.678. The van der Waals surface area contributed by atoms with E-state index in [1.54, 1.807) is 0 Å². The number of aliphatic carboxylic acids is 1. The van der Waals surface area contributed by atoms with Crippen molar-refractivity contribution in [2.24, 2.45) is 0 Å². The van der Waals surface area contributed by atoms with E-state index in [1.165, 1.54) is 17.3 Å². The summed E-state index contributed by atoms with van der Waals surface area (Å²) in [7, 11) is 0. The van der Waals surface area contributed by atoms with Crippen LogP contribution in [0.2, 0.25) is 0 Å². The molecule has 2 nitrogen and oxygen atoms in total. The molecule has 1 aromatic rings. The molecule has 0 amide bonds. The molecule has 92 valence electrons. The Labute approximate surface area is 106 Å².